The monoisotopic (exact) mass is 345 g/mol. The Balaban J connectivity index is 1.73. The maximum atomic E-state index is 12.9. The highest BCUT2D eigenvalue weighted by Crippen LogP contribution is 2.24. The zero-order chi connectivity index (χ0) is 18.1. The topological polar surface area (TPSA) is 87.0 Å². The third kappa shape index (κ3) is 3.61. The summed E-state index contributed by atoms with van der Waals surface area (Å²) in [6.07, 6.45) is 0.142. The maximum absolute atomic E-state index is 12.9. The average Bonchev–Trinajstić information content (AvgIpc) is 3.26. The molecule has 1 fully saturated rings. The SMILES string of the molecule is CCn1nc(C(C)C)cc1C(=O)N1C[C@@H](Cc2cc(C)[nH]n2)[C@H](O)C1. The van der Waals surface area contributed by atoms with E-state index in [-0.39, 0.29) is 17.7 Å². The second kappa shape index (κ2) is 7.00. The number of aromatic amines is 1. The van der Waals surface area contributed by atoms with Gasteiger partial charge in [-0.3, -0.25) is 14.6 Å². The van der Waals surface area contributed by atoms with Crippen molar-refractivity contribution in [1.82, 2.24) is 24.9 Å². The molecule has 1 aliphatic rings. The van der Waals surface area contributed by atoms with Gasteiger partial charge in [0.1, 0.15) is 5.69 Å². The minimum absolute atomic E-state index is 0.00853. The maximum Gasteiger partial charge on any atom is 0.272 e. The van der Waals surface area contributed by atoms with Crippen LogP contribution in [-0.2, 0) is 13.0 Å². The molecule has 7 heteroatoms. The van der Waals surface area contributed by atoms with E-state index in [1.165, 1.54) is 0 Å². The number of rotatable bonds is 5. The van der Waals surface area contributed by atoms with Crippen LogP contribution in [0.25, 0.3) is 0 Å². The molecule has 0 aliphatic carbocycles. The van der Waals surface area contributed by atoms with Crippen molar-refractivity contribution in [3.63, 3.8) is 0 Å². The molecule has 136 valence electrons. The lowest BCUT2D eigenvalue weighted by atomic mass is 10.0. The Morgan fingerprint density at radius 2 is 2.16 bits per heavy atom. The molecule has 2 aromatic rings. The molecule has 0 bridgehead atoms. The van der Waals surface area contributed by atoms with Crippen LogP contribution in [-0.4, -0.2) is 55.1 Å². The molecule has 2 aromatic heterocycles. The largest absolute Gasteiger partial charge is 0.391 e. The summed E-state index contributed by atoms with van der Waals surface area (Å²) < 4.78 is 1.76. The number of aryl methyl sites for hydroxylation is 2. The van der Waals surface area contributed by atoms with Gasteiger partial charge in [0.25, 0.3) is 5.91 Å². The van der Waals surface area contributed by atoms with Crippen molar-refractivity contribution in [3.8, 4) is 0 Å². The van der Waals surface area contributed by atoms with Crippen LogP contribution in [0.4, 0.5) is 0 Å². The molecule has 0 unspecified atom stereocenters. The number of β-amino-alcohol motifs (C(OH)–C–C–N with tert-alkyl or cyclic N) is 1. The van der Waals surface area contributed by atoms with E-state index < -0.39 is 6.10 Å². The zero-order valence-electron chi connectivity index (χ0n) is 15.4. The molecule has 0 radical (unpaired) electrons. The molecule has 1 saturated heterocycles. The molecule has 0 aromatic carbocycles. The van der Waals surface area contributed by atoms with Gasteiger partial charge in [-0.25, -0.2) is 0 Å². The van der Waals surface area contributed by atoms with Gasteiger partial charge >= 0.3 is 0 Å². The molecule has 1 aliphatic heterocycles. The minimum Gasteiger partial charge on any atom is -0.391 e. The Kier molecular flexibility index (Phi) is 4.94. The number of nitrogens with one attached hydrogen (secondary N) is 1. The Hall–Kier alpha value is -2.15. The minimum atomic E-state index is -0.525. The van der Waals surface area contributed by atoms with E-state index in [9.17, 15) is 9.90 Å². The zero-order valence-corrected chi connectivity index (χ0v) is 15.4. The van der Waals surface area contributed by atoms with Crippen LogP contribution < -0.4 is 0 Å². The van der Waals surface area contributed by atoms with Gasteiger partial charge < -0.3 is 10.0 Å². The predicted octanol–water partition coefficient (Wildman–Crippen LogP) is 1.73. The number of likely N-dealkylation sites (tertiary alicyclic amines) is 1. The fraction of sp³-hybridized carbons (Fsp3) is 0.611. The fourth-order valence-corrected chi connectivity index (χ4v) is 3.36. The molecule has 0 saturated carbocycles. The van der Waals surface area contributed by atoms with E-state index in [0.717, 1.165) is 17.1 Å². The summed E-state index contributed by atoms with van der Waals surface area (Å²) in [5.41, 5.74) is 3.46. The second-order valence-electron chi connectivity index (χ2n) is 7.21. The van der Waals surface area contributed by atoms with Crippen molar-refractivity contribution in [2.75, 3.05) is 13.1 Å². The Bertz CT molecular complexity index is 748. The van der Waals surface area contributed by atoms with Crippen molar-refractivity contribution in [2.45, 2.75) is 52.7 Å². The molecule has 3 heterocycles. The van der Waals surface area contributed by atoms with Crippen molar-refractivity contribution in [2.24, 2.45) is 5.92 Å². The number of aromatic nitrogens is 4. The summed E-state index contributed by atoms with van der Waals surface area (Å²) >= 11 is 0. The highest BCUT2D eigenvalue weighted by Gasteiger charge is 2.36. The summed E-state index contributed by atoms with van der Waals surface area (Å²) in [6.45, 7) is 9.62. The summed E-state index contributed by atoms with van der Waals surface area (Å²) in [5, 5.41) is 22.1. The first kappa shape index (κ1) is 17.7. The summed E-state index contributed by atoms with van der Waals surface area (Å²) in [4.78, 5) is 14.7. The van der Waals surface area contributed by atoms with E-state index in [1.54, 1.807) is 9.58 Å². The van der Waals surface area contributed by atoms with E-state index in [4.69, 9.17) is 0 Å². The highest BCUT2D eigenvalue weighted by molar-refractivity contribution is 5.93. The second-order valence-corrected chi connectivity index (χ2v) is 7.21. The van der Waals surface area contributed by atoms with Gasteiger partial charge in [-0.05, 0) is 38.3 Å². The van der Waals surface area contributed by atoms with Gasteiger partial charge in [0.05, 0.1) is 17.5 Å². The van der Waals surface area contributed by atoms with Gasteiger partial charge in [0.2, 0.25) is 0 Å². The van der Waals surface area contributed by atoms with Crippen LogP contribution in [0.15, 0.2) is 12.1 Å². The number of hydrogen-bond donors (Lipinski definition) is 2. The quantitative estimate of drug-likeness (QED) is 0.864. The van der Waals surface area contributed by atoms with Crippen LogP contribution in [0.1, 0.15) is 54.3 Å². The van der Waals surface area contributed by atoms with Crippen LogP contribution in [0.3, 0.4) is 0 Å². The Morgan fingerprint density at radius 3 is 2.76 bits per heavy atom. The average molecular weight is 345 g/mol. The molecule has 0 spiro atoms. The third-order valence-electron chi connectivity index (χ3n) is 4.83. The van der Waals surface area contributed by atoms with Gasteiger partial charge in [-0.2, -0.15) is 10.2 Å². The summed E-state index contributed by atoms with van der Waals surface area (Å²) in [6, 6.07) is 3.87. The normalized spacial score (nSPS) is 20.6. The smallest absolute Gasteiger partial charge is 0.272 e. The predicted molar refractivity (Wildman–Crippen MR) is 94.4 cm³/mol. The first-order chi connectivity index (χ1) is 11.9. The van der Waals surface area contributed by atoms with Crippen LogP contribution in [0, 0.1) is 12.8 Å². The molecule has 2 atom stereocenters. The lowest BCUT2D eigenvalue weighted by Crippen LogP contribution is -2.31. The number of hydrogen-bond acceptors (Lipinski definition) is 4. The molecule has 1 amide bonds. The summed E-state index contributed by atoms with van der Waals surface area (Å²) in [5.74, 6) is 0.231. The number of aliphatic hydroxyl groups excluding tert-OH is 1. The van der Waals surface area contributed by atoms with E-state index in [0.29, 0.717) is 31.7 Å². The highest BCUT2D eigenvalue weighted by atomic mass is 16.3. The van der Waals surface area contributed by atoms with Crippen LogP contribution in [0.5, 0.6) is 0 Å². The number of carbonyl (C=O) groups is 1. The van der Waals surface area contributed by atoms with E-state index in [1.807, 2.05) is 26.0 Å². The third-order valence-corrected chi connectivity index (χ3v) is 4.83. The van der Waals surface area contributed by atoms with Crippen molar-refractivity contribution in [1.29, 1.82) is 0 Å². The fourth-order valence-electron chi connectivity index (χ4n) is 3.36. The summed E-state index contributed by atoms with van der Waals surface area (Å²) in [7, 11) is 0. The number of nitrogens with zero attached hydrogens (tertiary/aromatic N) is 4. The van der Waals surface area contributed by atoms with Crippen molar-refractivity contribution >= 4 is 5.91 Å². The van der Waals surface area contributed by atoms with E-state index in [2.05, 4.69) is 29.1 Å². The van der Waals surface area contributed by atoms with Gasteiger partial charge in [-0.1, -0.05) is 13.8 Å². The van der Waals surface area contributed by atoms with Crippen molar-refractivity contribution < 1.29 is 9.90 Å². The van der Waals surface area contributed by atoms with Gasteiger partial charge in [0, 0.05) is 31.2 Å². The first-order valence-electron chi connectivity index (χ1n) is 8.95. The lowest BCUT2D eigenvalue weighted by Gasteiger charge is -2.16. The van der Waals surface area contributed by atoms with Crippen molar-refractivity contribution in [3.05, 3.63) is 34.9 Å². The Labute approximate surface area is 148 Å². The Morgan fingerprint density at radius 1 is 1.40 bits per heavy atom. The first-order valence-corrected chi connectivity index (χ1v) is 8.95. The molecule has 7 nitrogen and oxygen atoms in total. The number of H-pyrrole nitrogens is 1. The number of aliphatic hydroxyl groups is 1. The molecular formula is C18H27N5O2. The number of amides is 1. The lowest BCUT2D eigenvalue weighted by molar-refractivity contribution is 0.0752. The molecule has 2 N–H and O–H groups in total. The molecule has 3 rings (SSSR count). The van der Waals surface area contributed by atoms with Crippen LogP contribution >= 0.6 is 0 Å². The van der Waals surface area contributed by atoms with Gasteiger partial charge in [0.15, 0.2) is 0 Å². The van der Waals surface area contributed by atoms with Crippen LogP contribution in [0.2, 0.25) is 0 Å². The van der Waals surface area contributed by atoms with Gasteiger partial charge in [-0.15, -0.1) is 0 Å². The molecule has 25 heavy (non-hydrogen) atoms. The number of carbonyl (C=O) groups excluding carboxylic acids is 1. The van der Waals surface area contributed by atoms with E-state index >= 15 is 0 Å². The standard InChI is InChI=1S/C18H27N5O2/c1-5-23-16(8-15(21-23)11(2)3)18(25)22-9-13(17(24)10-22)7-14-6-12(4)19-20-14/h6,8,11,13,17,24H,5,7,9-10H2,1-4H3,(H,19,20)/t13-,17-/m1/s1. The molecular weight excluding hydrogens is 318 g/mol.